The Kier molecular flexibility index (Phi) is 6.16. The van der Waals surface area contributed by atoms with Gasteiger partial charge in [-0.05, 0) is 31.9 Å². The SMILES string of the molecule is CCC(O)(CC)CNC1CCCCC1SC. The molecule has 1 saturated carbocycles. The normalized spacial score (nSPS) is 27.0. The van der Waals surface area contributed by atoms with Crippen LogP contribution in [0.15, 0.2) is 0 Å². The summed E-state index contributed by atoms with van der Waals surface area (Å²) in [7, 11) is 0. The van der Waals surface area contributed by atoms with E-state index in [1.54, 1.807) is 0 Å². The lowest BCUT2D eigenvalue weighted by atomic mass is 9.92. The van der Waals surface area contributed by atoms with Crippen molar-refractivity contribution >= 4 is 11.8 Å². The number of thioether (sulfide) groups is 1. The highest BCUT2D eigenvalue weighted by Gasteiger charge is 2.28. The molecule has 2 N–H and O–H groups in total. The van der Waals surface area contributed by atoms with E-state index < -0.39 is 5.60 Å². The molecule has 16 heavy (non-hydrogen) atoms. The molecule has 0 spiro atoms. The van der Waals surface area contributed by atoms with E-state index >= 15 is 0 Å². The van der Waals surface area contributed by atoms with Crippen LogP contribution in [0, 0.1) is 0 Å². The fraction of sp³-hybridized carbons (Fsp3) is 1.00. The largest absolute Gasteiger partial charge is 0.389 e. The average Bonchev–Trinajstić information content (AvgIpc) is 2.36. The fourth-order valence-corrected chi connectivity index (χ4v) is 3.40. The van der Waals surface area contributed by atoms with Crippen LogP contribution >= 0.6 is 11.8 Å². The van der Waals surface area contributed by atoms with Gasteiger partial charge in [0.25, 0.3) is 0 Å². The van der Waals surface area contributed by atoms with Gasteiger partial charge in [0.2, 0.25) is 0 Å². The number of nitrogens with one attached hydrogen (secondary N) is 1. The minimum atomic E-state index is -0.500. The molecular weight excluding hydrogens is 218 g/mol. The minimum absolute atomic E-state index is 0.500. The third-order valence-corrected chi connectivity index (χ3v) is 5.18. The molecule has 2 unspecified atom stereocenters. The maximum absolute atomic E-state index is 10.2. The highest BCUT2D eigenvalue weighted by atomic mass is 32.2. The van der Waals surface area contributed by atoms with Crippen LogP contribution in [-0.2, 0) is 0 Å². The van der Waals surface area contributed by atoms with Gasteiger partial charge in [-0.1, -0.05) is 26.7 Å². The first-order chi connectivity index (χ1) is 7.65. The van der Waals surface area contributed by atoms with Gasteiger partial charge in [0.15, 0.2) is 0 Å². The van der Waals surface area contributed by atoms with Crippen LogP contribution in [-0.4, -0.2) is 34.8 Å². The van der Waals surface area contributed by atoms with E-state index in [0.717, 1.165) is 24.6 Å². The summed E-state index contributed by atoms with van der Waals surface area (Å²) < 4.78 is 0. The van der Waals surface area contributed by atoms with Gasteiger partial charge in [-0.3, -0.25) is 0 Å². The predicted octanol–water partition coefficient (Wildman–Crippen LogP) is 2.80. The summed E-state index contributed by atoms with van der Waals surface area (Å²) in [6.45, 7) is 4.89. The van der Waals surface area contributed by atoms with Crippen molar-refractivity contribution in [3.63, 3.8) is 0 Å². The van der Waals surface area contributed by atoms with E-state index in [-0.39, 0.29) is 0 Å². The van der Waals surface area contributed by atoms with Crippen LogP contribution < -0.4 is 5.32 Å². The van der Waals surface area contributed by atoms with E-state index in [1.165, 1.54) is 25.7 Å². The molecule has 2 atom stereocenters. The Morgan fingerprint density at radius 3 is 2.44 bits per heavy atom. The van der Waals surface area contributed by atoms with Crippen molar-refractivity contribution in [2.45, 2.75) is 69.3 Å². The van der Waals surface area contributed by atoms with Gasteiger partial charge in [0.05, 0.1) is 5.60 Å². The Hall–Kier alpha value is 0.270. The summed E-state index contributed by atoms with van der Waals surface area (Å²) in [5.74, 6) is 0. The van der Waals surface area contributed by atoms with Gasteiger partial charge in [-0.25, -0.2) is 0 Å². The van der Waals surface area contributed by atoms with Crippen LogP contribution in [0.1, 0.15) is 52.4 Å². The lowest BCUT2D eigenvalue weighted by molar-refractivity contribution is 0.0289. The molecule has 2 nitrogen and oxygen atoms in total. The zero-order valence-electron chi connectivity index (χ0n) is 11.0. The highest BCUT2D eigenvalue weighted by Crippen LogP contribution is 2.27. The second kappa shape index (κ2) is 6.87. The Balaban J connectivity index is 2.40. The summed E-state index contributed by atoms with van der Waals surface area (Å²) in [6.07, 6.45) is 9.20. The van der Waals surface area contributed by atoms with Crippen molar-refractivity contribution in [1.82, 2.24) is 5.32 Å². The molecule has 3 heteroatoms. The number of hydrogen-bond donors (Lipinski definition) is 2. The first-order valence-electron chi connectivity index (χ1n) is 6.63. The second-order valence-electron chi connectivity index (χ2n) is 4.98. The van der Waals surface area contributed by atoms with Crippen molar-refractivity contribution < 1.29 is 5.11 Å². The molecule has 1 aliphatic carbocycles. The number of aliphatic hydroxyl groups is 1. The topological polar surface area (TPSA) is 32.3 Å². The van der Waals surface area contributed by atoms with Crippen molar-refractivity contribution in [1.29, 1.82) is 0 Å². The van der Waals surface area contributed by atoms with Gasteiger partial charge < -0.3 is 10.4 Å². The molecule has 0 saturated heterocycles. The Morgan fingerprint density at radius 2 is 1.88 bits per heavy atom. The van der Waals surface area contributed by atoms with E-state index in [4.69, 9.17) is 0 Å². The molecular formula is C13H27NOS. The fourth-order valence-electron chi connectivity index (χ4n) is 2.43. The van der Waals surface area contributed by atoms with Gasteiger partial charge in [-0.15, -0.1) is 0 Å². The van der Waals surface area contributed by atoms with Crippen LogP contribution in [0.2, 0.25) is 0 Å². The Labute approximate surface area is 105 Å². The maximum Gasteiger partial charge on any atom is 0.0766 e. The molecule has 1 aliphatic rings. The van der Waals surface area contributed by atoms with Crippen LogP contribution in [0.3, 0.4) is 0 Å². The first-order valence-corrected chi connectivity index (χ1v) is 7.92. The summed E-state index contributed by atoms with van der Waals surface area (Å²) in [5.41, 5.74) is -0.500. The zero-order valence-corrected chi connectivity index (χ0v) is 11.8. The van der Waals surface area contributed by atoms with Crippen molar-refractivity contribution in [3.05, 3.63) is 0 Å². The maximum atomic E-state index is 10.2. The second-order valence-corrected chi connectivity index (χ2v) is 6.05. The Morgan fingerprint density at radius 1 is 1.25 bits per heavy atom. The third kappa shape index (κ3) is 3.94. The van der Waals surface area contributed by atoms with Gasteiger partial charge >= 0.3 is 0 Å². The standard InChI is InChI=1S/C13H27NOS/c1-4-13(15,5-2)10-14-11-8-6-7-9-12(11)16-3/h11-12,14-15H,4-10H2,1-3H3. The smallest absolute Gasteiger partial charge is 0.0766 e. The highest BCUT2D eigenvalue weighted by molar-refractivity contribution is 7.99. The summed E-state index contributed by atoms with van der Waals surface area (Å²) in [6, 6.07) is 0.605. The zero-order chi connectivity index (χ0) is 12.0. The van der Waals surface area contributed by atoms with Crippen molar-refractivity contribution in [2.24, 2.45) is 0 Å². The lowest BCUT2D eigenvalue weighted by Crippen LogP contribution is -2.48. The third-order valence-electron chi connectivity index (χ3n) is 4.01. The molecule has 96 valence electrons. The number of rotatable bonds is 6. The molecule has 0 heterocycles. The molecule has 1 fully saturated rings. The van der Waals surface area contributed by atoms with Crippen molar-refractivity contribution in [2.75, 3.05) is 12.8 Å². The van der Waals surface area contributed by atoms with E-state index in [2.05, 4.69) is 25.4 Å². The van der Waals surface area contributed by atoms with Gasteiger partial charge in [-0.2, -0.15) is 11.8 Å². The number of hydrogen-bond acceptors (Lipinski definition) is 3. The predicted molar refractivity (Wildman–Crippen MR) is 73.1 cm³/mol. The Bertz CT molecular complexity index is 194. The van der Waals surface area contributed by atoms with E-state index in [9.17, 15) is 5.11 Å². The minimum Gasteiger partial charge on any atom is -0.389 e. The quantitative estimate of drug-likeness (QED) is 0.755. The molecule has 0 aromatic carbocycles. The van der Waals surface area contributed by atoms with E-state index in [1.807, 2.05) is 11.8 Å². The van der Waals surface area contributed by atoms with Crippen LogP contribution in [0.4, 0.5) is 0 Å². The monoisotopic (exact) mass is 245 g/mol. The molecule has 0 aromatic rings. The van der Waals surface area contributed by atoms with Gasteiger partial charge in [0, 0.05) is 17.8 Å². The summed E-state index contributed by atoms with van der Waals surface area (Å²) in [5, 5.41) is 14.6. The molecule has 0 radical (unpaired) electrons. The van der Waals surface area contributed by atoms with E-state index in [0.29, 0.717) is 6.04 Å². The first kappa shape index (κ1) is 14.3. The average molecular weight is 245 g/mol. The van der Waals surface area contributed by atoms with Gasteiger partial charge in [0.1, 0.15) is 0 Å². The van der Waals surface area contributed by atoms with Crippen molar-refractivity contribution in [3.8, 4) is 0 Å². The lowest BCUT2D eigenvalue weighted by Gasteiger charge is -2.34. The van der Waals surface area contributed by atoms with Crippen LogP contribution in [0.5, 0.6) is 0 Å². The molecule has 0 aromatic heterocycles. The summed E-state index contributed by atoms with van der Waals surface area (Å²) >= 11 is 1.98. The molecule has 0 bridgehead atoms. The summed E-state index contributed by atoms with van der Waals surface area (Å²) in [4.78, 5) is 0. The molecule has 0 amide bonds. The van der Waals surface area contributed by atoms with Crippen LogP contribution in [0.25, 0.3) is 0 Å². The molecule has 1 rings (SSSR count). The molecule has 0 aliphatic heterocycles.